The van der Waals surface area contributed by atoms with Crippen LogP contribution in [0.2, 0.25) is 0 Å². The molecule has 112 valence electrons. The lowest BCUT2D eigenvalue weighted by Crippen LogP contribution is -2.26. The van der Waals surface area contributed by atoms with Gasteiger partial charge in [-0.25, -0.2) is 13.1 Å². The monoisotopic (exact) mass is 296 g/mol. The van der Waals surface area contributed by atoms with Crippen molar-refractivity contribution in [2.75, 3.05) is 13.1 Å². The summed E-state index contributed by atoms with van der Waals surface area (Å²) in [7, 11) is -3.38. The average molecular weight is 296 g/mol. The van der Waals surface area contributed by atoms with E-state index in [0.29, 0.717) is 23.9 Å². The molecule has 2 rings (SSSR count). The zero-order valence-electron chi connectivity index (χ0n) is 12.2. The third-order valence-corrected chi connectivity index (χ3v) is 5.58. The molecule has 0 bridgehead atoms. The zero-order chi connectivity index (χ0) is 14.8. The molecule has 1 aliphatic carbocycles. The molecule has 0 aromatic heterocycles. The van der Waals surface area contributed by atoms with Crippen molar-refractivity contribution >= 4 is 10.0 Å². The van der Waals surface area contributed by atoms with Gasteiger partial charge in [0.15, 0.2) is 0 Å². The minimum Gasteiger partial charge on any atom is -0.330 e. The number of nitrogens with one attached hydrogen (secondary N) is 1. The van der Waals surface area contributed by atoms with Gasteiger partial charge in [0.1, 0.15) is 0 Å². The quantitative estimate of drug-likeness (QED) is 0.807. The van der Waals surface area contributed by atoms with Gasteiger partial charge in [0.2, 0.25) is 10.0 Å². The van der Waals surface area contributed by atoms with Gasteiger partial charge in [-0.15, -0.1) is 0 Å². The average Bonchev–Trinajstić information content (AvgIpc) is 3.02. The number of sulfonamides is 1. The lowest BCUT2D eigenvalue weighted by atomic mass is 10.1. The second-order valence-electron chi connectivity index (χ2n) is 6.28. The topological polar surface area (TPSA) is 72.2 Å². The molecule has 0 amide bonds. The van der Waals surface area contributed by atoms with Crippen molar-refractivity contribution in [1.29, 1.82) is 0 Å². The van der Waals surface area contributed by atoms with E-state index in [0.717, 1.165) is 24.8 Å². The molecule has 1 fully saturated rings. The zero-order valence-corrected chi connectivity index (χ0v) is 13.0. The van der Waals surface area contributed by atoms with Gasteiger partial charge >= 0.3 is 0 Å². The van der Waals surface area contributed by atoms with Crippen LogP contribution in [-0.2, 0) is 16.4 Å². The number of hydrogen-bond donors (Lipinski definition) is 2. The minimum absolute atomic E-state index is 0.286. The van der Waals surface area contributed by atoms with Crippen molar-refractivity contribution in [1.82, 2.24) is 4.72 Å². The summed E-state index contributed by atoms with van der Waals surface area (Å²) in [5.74, 6) is 0.459. The first-order valence-electron chi connectivity index (χ1n) is 7.14. The molecule has 0 spiro atoms. The van der Waals surface area contributed by atoms with Gasteiger partial charge in [0.05, 0.1) is 4.90 Å². The Morgan fingerprint density at radius 1 is 1.30 bits per heavy atom. The van der Waals surface area contributed by atoms with Crippen LogP contribution in [-0.4, -0.2) is 21.5 Å². The van der Waals surface area contributed by atoms with Gasteiger partial charge in [-0.2, -0.15) is 0 Å². The molecular formula is C15H24N2O2S. The van der Waals surface area contributed by atoms with Crippen LogP contribution in [0.5, 0.6) is 0 Å². The Morgan fingerprint density at radius 3 is 2.40 bits per heavy atom. The SMILES string of the molecule is CC1(C)CC1CNS(=O)(=O)c1ccc(CCCN)cc1. The maximum absolute atomic E-state index is 12.2. The number of nitrogens with two attached hydrogens (primary N) is 1. The van der Waals surface area contributed by atoms with Crippen molar-refractivity contribution in [3.63, 3.8) is 0 Å². The van der Waals surface area contributed by atoms with E-state index in [1.54, 1.807) is 12.1 Å². The number of hydrogen-bond acceptors (Lipinski definition) is 3. The van der Waals surface area contributed by atoms with Gasteiger partial charge in [0.25, 0.3) is 0 Å². The fraction of sp³-hybridized carbons (Fsp3) is 0.600. The normalized spacial score (nSPS) is 20.9. The number of benzene rings is 1. The maximum atomic E-state index is 12.2. The van der Waals surface area contributed by atoms with Crippen molar-refractivity contribution < 1.29 is 8.42 Å². The molecule has 1 atom stereocenters. The van der Waals surface area contributed by atoms with E-state index in [1.165, 1.54) is 0 Å². The van der Waals surface area contributed by atoms with Crippen molar-refractivity contribution in [3.05, 3.63) is 29.8 Å². The van der Waals surface area contributed by atoms with Crippen molar-refractivity contribution in [2.24, 2.45) is 17.1 Å². The van der Waals surface area contributed by atoms with Crippen LogP contribution >= 0.6 is 0 Å². The second-order valence-corrected chi connectivity index (χ2v) is 8.04. The van der Waals surface area contributed by atoms with Gasteiger partial charge in [0, 0.05) is 6.54 Å². The molecule has 20 heavy (non-hydrogen) atoms. The van der Waals surface area contributed by atoms with Gasteiger partial charge in [-0.1, -0.05) is 26.0 Å². The molecule has 1 saturated carbocycles. The highest BCUT2D eigenvalue weighted by Crippen LogP contribution is 2.51. The van der Waals surface area contributed by atoms with Crippen LogP contribution in [0.1, 0.15) is 32.3 Å². The summed E-state index contributed by atoms with van der Waals surface area (Å²) in [5.41, 5.74) is 6.87. The van der Waals surface area contributed by atoms with Crippen LogP contribution in [0.3, 0.4) is 0 Å². The van der Waals surface area contributed by atoms with Crippen LogP contribution in [0, 0.1) is 11.3 Å². The molecule has 0 radical (unpaired) electrons. The number of rotatable bonds is 7. The largest absolute Gasteiger partial charge is 0.330 e. The van der Waals surface area contributed by atoms with E-state index in [9.17, 15) is 8.42 Å². The molecule has 0 saturated heterocycles. The van der Waals surface area contributed by atoms with Gasteiger partial charge in [-0.3, -0.25) is 0 Å². The molecule has 1 unspecified atom stereocenters. The Labute approximate surface area is 121 Å². The maximum Gasteiger partial charge on any atom is 0.240 e. The highest BCUT2D eigenvalue weighted by molar-refractivity contribution is 7.89. The fourth-order valence-corrected chi connectivity index (χ4v) is 3.44. The highest BCUT2D eigenvalue weighted by atomic mass is 32.2. The van der Waals surface area contributed by atoms with Crippen LogP contribution in [0.4, 0.5) is 0 Å². The lowest BCUT2D eigenvalue weighted by Gasteiger charge is -2.08. The van der Waals surface area contributed by atoms with Gasteiger partial charge in [-0.05, 0) is 54.8 Å². The van der Waals surface area contributed by atoms with Crippen molar-refractivity contribution in [2.45, 2.75) is 38.0 Å². The molecule has 1 aromatic carbocycles. The third kappa shape index (κ3) is 3.81. The standard InChI is InChI=1S/C15H24N2O2S/c1-15(2)10-13(15)11-17-20(18,19)14-7-5-12(6-8-14)4-3-9-16/h5-8,13,17H,3-4,9-11,16H2,1-2H3. The molecule has 1 aliphatic rings. The van der Waals surface area contributed by atoms with Crippen LogP contribution in [0.25, 0.3) is 0 Å². The molecule has 3 N–H and O–H groups in total. The first-order valence-corrected chi connectivity index (χ1v) is 8.62. The lowest BCUT2D eigenvalue weighted by molar-refractivity contribution is 0.537. The Kier molecular flexibility index (Phi) is 4.52. The predicted molar refractivity (Wildman–Crippen MR) is 80.9 cm³/mol. The first-order chi connectivity index (χ1) is 9.35. The highest BCUT2D eigenvalue weighted by Gasteiger charge is 2.45. The molecular weight excluding hydrogens is 272 g/mol. The molecule has 0 aliphatic heterocycles. The van der Waals surface area contributed by atoms with Crippen molar-refractivity contribution in [3.8, 4) is 0 Å². The van der Waals surface area contributed by atoms with E-state index in [-0.39, 0.29) is 5.41 Å². The summed E-state index contributed by atoms with van der Waals surface area (Å²) in [5, 5.41) is 0. The summed E-state index contributed by atoms with van der Waals surface area (Å²) in [4.78, 5) is 0.340. The summed E-state index contributed by atoms with van der Waals surface area (Å²) >= 11 is 0. The van der Waals surface area contributed by atoms with E-state index in [2.05, 4.69) is 18.6 Å². The third-order valence-electron chi connectivity index (χ3n) is 4.14. The molecule has 4 nitrogen and oxygen atoms in total. The Bertz CT molecular complexity index is 550. The molecule has 5 heteroatoms. The summed E-state index contributed by atoms with van der Waals surface area (Å²) in [6.07, 6.45) is 2.90. The fourth-order valence-electron chi connectivity index (χ4n) is 2.36. The van der Waals surface area contributed by atoms with E-state index in [4.69, 9.17) is 5.73 Å². The van der Waals surface area contributed by atoms with Crippen LogP contribution < -0.4 is 10.5 Å². The van der Waals surface area contributed by atoms with Gasteiger partial charge < -0.3 is 5.73 Å². The summed E-state index contributed by atoms with van der Waals surface area (Å²) in [6, 6.07) is 7.08. The summed E-state index contributed by atoms with van der Waals surface area (Å²) < 4.78 is 27.0. The Morgan fingerprint density at radius 2 is 1.90 bits per heavy atom. The predicted octanol–water partition coefficient (Wildman–Crippen LogP) is 1.90. The Hall–Kier alpha value is -0.910. The van der Waals surface area contributed by atoms with E-state index < -0.39 is 10.0 Å². The molecule has 0 heterocycles. The minimum atomic E-state index is -3.38. The number of aryl methyl sites for hydroxylation is 1. The molecule has 1 aromatic rings. The Balaban J connectivity index is 1.95. The first kappa shape index (κ1) is 15.5. The smallest absolute Gasteiger partial charge is 0.240 e. The van der Waals surface area contributed by atoms with E-state index >= 15 is 0 Å². The van der Waals surface area contributed by atoms with E-state index in [1.807, 2.05) is 12.1 Å². The second kappa shape index (κ2) is 5.84. The van der Waals surface area contributed by atoms with Crippen LogP contribution in [0.15, 0.2) is 29.2 Å². The summed E-state index contributed by atoms with van der Waals surface area (Å²) in [6.45, 7) is 5.51.